The number of rotatable bonds is 3. The van der Waals surface area contributed by atoms with Gasteiger partial charge in [-0.25, -0.2) is 18.7 Å². The van der Waals surface area contributed by atoms with E-state index >= 15 is 0 Å². The average molecular weight is 458 g/mol. The molecule has 0 N–H and O–H groups in total. The van der Waals surface area contributed by atoms with Crippen LogP contribution in [0.2, 0.25) is 0 Å². The highest BCUT2D eigenvalue weighted by Gasteiger charge is 2.41. The highest BCUT2D eigenvalue weighted by molar-refractivity contribution is 7.09. The number of halogens is 2. The number of alkyl halides is 1. The van der Waals surface area contributed by atoms with Crippen LogP contribution in [0.3, 0.4) is 0 Å². The molecule has 1 fully saturated rings. The van der Waals surface area contributed by atoms with E-state index in [2.05, 4.69) is 9.36 Å². The molecule has 4 heterocycles. The summed E-state index contributed by atoms with van der Waals surface area (Å²) in [7, 11) is 0. The molecule has 3 aromatic rings. The van der Waals surface area contributed by atoms with Gasteiger partial charge in [0.1, 0.15) is 11.6 Å². The number of amides is 2. The fraction of sp³-hybridized carbons (Fsp3) is 0.381. The van der Waals surface area contributed by atoms with Crippen molar-refractivity contribution in [3.63, 3.8) is 0 Å². The molecular weight excluding hydrogens is 438 g/mol. The fourth-order valence-corrected chi connectivity index (χ4v) is 4.95. The first kappa shape index (κ1) is 20.7. The molecule has 32 heavy (non-hydrogen) atoms. The number of aromatic nitrogens is 4. The van der Waals surface area contributed by atoms with Crippen LogP contribution in [0.5, 0.6) is 0 Å². The first-order valence-corrected chi connectivity index (χ1v) is 11.1. The summed E-state index contributed by atoms with van der Waals surface area (Å²) in [5.41, 5.74) is 1.02. The van der Waals surface area contributed by atoms with Crippen molar-refractivity contribution in [1.82, 2.24) is 23.8 Å². The van der Waals surface area contributed by atoms with Crippen molar-refractivity contribution in [1.29, 1.82) is 0 Å². The van der Waals surface area contributed by atoms with E-state index in [1.807, 2.05) is 11.5 Å². The van der Waals surface area contributed by atoms with Gasteiger partial charge in [0.25, 0.3) is 11.8 Å². The molecule has 2 aliphatic rings. The number of hydrogen-bond donors (Lipinski definition) is 0. The Morgan fingerprint density at radius 3 is 2.53 bits per heavy atom. The zero-order chi connectivity index (χ0) is 22.6. The van der Waals surface area contributed by atoms with Gasteiger partial charge < -0.3 is 9.47 Å². The van der Waals surface area contributed by atoms with Crippen LogP contribution in [0.4, 0.5) is 14.6 Å². The van der Waals surface area contributed by atoms with Gasteiger partial charge in [-0.1, -0.05) is 0 Å². The molecule has 0 unspecified atom stereocenters. The molecule has 2 aromatic heterocycles. The van der Waals surface area contributed by atoms with Gasteiger partial charge in [0.15, 0.2) is 22.8 Å². The third kappa shape index (κ3) is 3.27. The van der Waals surface area contributed by atoms with E-state index in [4.69, 9.17) is 4.98 Å². The summed E-state index contributed by atoms with van der Waals surface area (Å²) in [4.78, 5) is 37.8. The molecule has 0 bridgehead atoms. The van der Waals surface area contributed by atoms with Gasteiger partial charge in [-0.05, 0) is 49.6 Å². The second kappa shape index (κ2) is 7.73. The molecule has 0 aliphatic carbocycles. The van der Waals surface area contributed by atoms with E-state index in [1.54, 1.807) is 11.8 Å². The molecule has 0 radical (unpaired) electrons. The SMILES string of the molecule is Cc1nsc(-c2nc(N3CC[C@H](F)C3=O)c3n2CCN(C(=O)c2ccc(F)cc2)[C@@H]3C)n1. The number of hydrogen-bond acceptors (Lipinski definition) is 6. The van der Waals surface area contributed by atoms with Crippen LogP contribution >= 0.6 is 11.5 Å². The molecule has 1 aromatic carbocycles. The van der Waals surface area contributed by atoms with Crippen molar-refractivity contribution >= 4 is 29.2 Å². The van der Waals surface area contributed by atoms with Gasteiger partial charge in [-0.15, -0.1) is 0 Å². The highest BCUT2D eigenvalue weighted by Crippen LogP contribution is 2.39. The van der Waals surface area contributed by atoms with Crippen molar-refractivity contribution < 1.29 is 18.4 Å². The molecular formula is C21H20F2N6O2S. The lowest BCUT2D eigenvalue weighted by molar-refractivity contribution is -0.121. The average Bonchev–Trinajstić information content (AvgIpc) is 3.46. The maximum Gasteiger partial charge on any atom is 0.262 e. The molecule has 2 aliphatic heterocycles. The lowest BCUT2D eigenvalue weighted by Crippen LogP contribution is -2.42. The number of fused-ring (bicyclic) bond motifs is 1. The Kier molecular flexibility index (Phi) is 5.00. The van der Waals surface area contributed by atoms with E-state index in [0.717, 1.165) is 0 Å². The van der Waals surface area contributed by atoms with Crippen molar-refractivity contribution in [2.45, 2.75) is 39.0 Å². The predicted octanol–water partition coefficient (Wildman–Crippen LogP) is 3.14. The predicted molar refractivity (Wildman–Crippen MR) is 114 cm³/mol. The molecule has 2 atom stereocenters. The number of anilines is 1. The minimum atomic E-state index is -1.56. The van der Waals surface area contributed by atoms with Crippen LogP contribution in [0, 0.1) is 12.7 Å². The van der Waals surface area contributed by atoms with E-state index in [-0.39, 0.29) is 18.9 Å². The largest absolute Gasteiger partial charge is 0.328 e. The Bertz CT molecular complexity index is 1210. The van der Waals surface area contributed by atoms with Crippen LogP contribution in [0.15, 0.2) is 24.3 Å². The van der Waals surface area contributed by atoms with Crippen molar-refractivity contribution in [2.24, 2.45) is 0 Å². The third-order valence-corrected chi connectivity index (χ3v) is 6.68. The number of aryl methyl sites for hydroxylation is 1. The Morgan fingerprint density at radius 2 is 1.91 bits per heavy atom. The minimum Gasteiger partial charge on any atom is -0.328 e. The van der Waals surface area contributed by atoms with Crippen LogP contribution in [0.1, 0.15) is 41.3 Å². The summed E-state index contributed by atoms with van der Waals surface area (Å²) in [5.74, 6) is 0.222. The summed E-state index contributed by atoms with van der Waals surface area (Å²) in [6.45, 7) is 4.67. The molecule has 0 spiro atoms. The topological polar surface area (TPSA) is 84.2 Å². The number of benzene rings is 1. The van der Waals surface area contributed by atoms with Crippen molar-refractivity contribution in [3.8, 4) is 10.8 Å². The summed E-state index contributed by atoms with van der Waals surface area (Å²) in [6, 6.07) is 4.95. The Hall–Kier alpha value is -3.21. The first-order valence-electron chi connectivity index (χ1n) is 10.3. The molecule has 11 heteroatoms. The monoisotopic (exact) mass is 458 g/mol. The van der Waals surface area contributed by atoms with Gasteiger partial charge in [-0.2, -0.15) is 4.37 Å². The first-order chi connectivity index (χ1) is 15.3. The van der Waals surface area contributed by atoms with E-state index in [0.29, 0.717) is 46.8 Å². The molecule has 1 saturated heterocycles. The Labute approximate surface area is 186 Å². The smallest absolute Gasteiger partial charge is 0.262 e. The molecule has 166 valence electrons. The Morgan fingerprint density at radius 1 is 1.16 bits per heavy atom. The minimum absolute atomic E-state index is 0.102. The van der Waals surface area contributed by atoms with E-state index < -0.39 is 23.9 Å². The normalized spacial score (nSPS) is 20.7. The zero-order valence-corrected chi connectivity index (χ0v) is 18.3. The van der Waals surface area contributed by atoms with Gasteiger partial charge in [0.2, 0.25) is 0 Å². The standard InChI is InChI=1S/C21H20F2N6O2S/c1-11-16-17(29-8-7-15(23)21(29)31)25-18(19-24-12(2)26-32-19)28(16)10-9-27(11)20(30)13-3-5-14(22)6-4-13/h3-6,11,15H,7-10H2,1-2H3/t11-,15+/m1/s1. The summed E-state index contributed by atoms with van der Waals surface area (Å²) < 4.78 is 33.5. The molecule has 0 saturated carbocycles. The maximum absolute atomic E-state index is 14.0. The maximum atomic E-state index is 14.0. The van der Waals surface area contributed by atoms with Gasteiger partial charge in [0.05, 0.1) is 11.7 Å². The van der Waals surface area contributed by atoms with Crippen LogP contribution in [-0.2, 0) is 11.3 Å². The van der Waals surface area contributed by atoms with Crippen LogP contribution < -0.4 is 4.90 Å². The molecule has 8 nitrogen and oxygen atoms in total. The Balaban J connectivity index is 1.58. The number of carbonyl (C=O) groups is 2. The van der Waals surface area contributed by atoms with Gasteiger partial charge >= 0.3 is 0 Å². The second-order valence-corrected chi connectivity index (χ2v) is 8.62. The lowest BCUT2D eigenvalue weighted by atomic mass is 10.1. The number of carbonyl (C=O) groups excluding carboxylic acids is 2. The van der Waals surface area contributed by atoms with E-state index in [1.165, 1.54) is 40.7 Å². The summed E-state index contributed by atoms with van der Waals surface area (Å²) in [5, 5.41) is 0.601. The highest BCUT2D eigenvalue weighted by atomic mass is 32.1. The second-order valence-electron chi connectivity index (χ2n) is 7.87. The molecule has 5 rings (SSSR count). The van der Waals surface area contributed by atoms with Gasteiger partial charge in [0, 0.05) is 31.6 Å². The number of nitrogens with zero attached hydrogens (tertiary/aromatic N) is 6. The lowest BCUT2D eigenvalue weighted by Gasteiger charge is -2.36. The van der Waals surface area contributed by atoms with Crippen molar-refractivity contribution in [2.75, 3.05) is 18.0 Å². The summed E-state index contributed by atoms with van der Waals surface area (Å²) in [6.07, 6.45) is -1.46. The third-order valence-electron chi connectivity index (χ3n) is 5.88. The quantitative estimate of drug-likeness (QED) is 0.602. The van der Waals surface area contributed by atoms with E-state index in [9.17, 15) is 18.4 Å². The van der Waals surface area contributed by atoms with Crippen molar-refractivity contribution in [3.05, 3.63) is 47.2 Å². The van der Waals surface area contributed by atoms with Crippen LogP contribution in [0.25, 0.3) is 10.8 Å². The fourth-order valence-electron chi connectivity index (χ4n) is 4.28. The number of imidazole rings is 1. The molecule has 2 amide bonds. The summed E-state index contributed by atoms with van der Waals surface area (Å²) >= 11 is 1.20. The van der Waals surface area contributed by atoms with Gasteiger partial charge in [-0.3, -0.25) is 14.5 Å². The van der Waals surface area contributed by atoms with Crippen LogP contribution in [-0.4, -0.2) is 54.9 Å². The zero-order valence-electron chi connectivity index (χ0n) is 17.5.